The lowest BCUT2D eigenvalue weighted by molar-refractivity contribution is -0.141. The van der Waals surface area contributed by atoms with E-state index in [1.54, 1.807) is 14.0 Å². The van der Waals surface area contributed by atoms with Gasteiger partial charge in [-0.3, -0.25) is 9.59 Å². The van der Waals surface area contributed by atoms with Crippen LogP contribution in [0.3, 0.4) is 0 Å². The van der Waals surface area contributed by atoms with Crippen LogP contribution in [0.1, 0.15) is 67.7 Å². The van der Waals surface area contributed by atoms with Crippen LogP contribution in [0.5, 0.6) is 0 Å². The Labute approximate surface area is 147 Å². The van der Waals surface area contributed by atoms with Gasteiger partial charge in [0.1, 0.15) is 6.04 Å². The molecular formula is C19H37N3O2. The predicted molar refractivity (Wildman–Crippen MR) is 98.7 cm³/mol. The van der Waals surface area contributed by atoms with E-state index in [0.717, 1.165) is 25.8 Å². The average molecular weight is 340 g/mol. The van der Waals surface area contributed by atoms with E-state index >= 15 is 0 Å². The number of carbonyl (C=O) groups excluding carboxylic acids is 2. The van der Waals surface area contributed by atoms with Gasteiger partial charge < -0.3 is 15.5 Å². The number of amides is 2. The van der Waals surface area contributed by atoms with Gasteiger partial charge in [0, 0.05) is 12.6 Å². The van der Waals surface area contributed by atoms with E-state index in [0.29, 0.717) is 0 Å². The number of likely N-dealkylation sites (tertiary alicyclic amines) is 1. The molecule has 3 atom stereocenters. The van der Waals surface area contributed by atoms with Crippen molar-refractivity contribution in [2.45, 2.75) is 85.9 Å². The molecular weight excluding hydrogens is 302 g/mol. The summed E-state index contributed by atoms with van der Waals surface area (Å²) in [6.07, 6.45) is 3.08. The van der Waals surface area contributed by atoms with Crippen LogP contribution in [0.15, 0.2) is 0 Å². The molecule has 1 fully saturated rings. The molecule has 0 saturated carbocycles. The lowest BCUT2D eigenvalue weighted by Gasteiger charge is -2.38. The van der Waals surface area contributed by atoms with Crippen LogP contribution < -0.4 is 10.6 Å². The number of carbonyl (C=O) groups is 2. The lowest BCUT2D eigenvalue weighted by Crippen LogP contribution is -2.58. The fourth-order valence-corrected chi connectivity index (χ4v) is 3.45. The van der Waals surface area contributed by atoms with E-state index in [1.807, 2.05) is 25.7 Å². The molecule has 140 valence electrons. The predicted octanol–water partition coefficient (Wildman–Crippen LogP) is 2.55. The summed E-state index contributed by atoms with van der Waals surface area (Å²) < 4.78 is 0. The molecule has 1 aliphatic rings. The third-order valence-electron chi connectivity index (χ3n) is 5.35. The molecule has 0 aromatic heterocycles. The highest BCUT2D eigenvalue weighted by atomic mass is 16.2. The minimum absolute atomic E-state index is 0.0585. The number of nitrogens with one attached hydrogen (secondary N) is 2. The molecule has 1 heterocycles. The fourth-order valence-electron chi connectivity index (χ4n) is 3.45. The van der Waals surface area contributed by atoms with Gasteiger partial charge in [-0.25, -0.2) is 0 Å². The molecule has 5 nitrogen and oxygen atoms in total. The Balaban J connectivity index is 3.02. The molecule has 5 heteroatoms. The minimum Gasteiger partial charge on any atom is -0.342 e. The van der Waals surface area contributed by atoms with Gasteiger partial charge >= 0.3 is 0 Å². The Morgan fingerprint density at radius 3 is 2.33 bits per heavy atom. The summed E-state index contributed by atoms with van der Waals surface area (Å²) in [7, 11) is 1.75. The van der Waals surface area contributed by atoms with Gasteiger partial charge in [-0.1, -0.05) is 48.0 Å². The van der Waals surface area contributed by atoms with Crippen LogP contribution in [0.2, 0.25) is 0 Å². The summed E-state index contributed by atoms with van der Waals surface area (Å²) in [6.45, 7) is 15.3. The minimum atomic E-state index is -0.506. The van der Waals surface area contributed by atoms with Crippen molar-refractivity contribution in [3.63, 3.8) is 0 Å². The highest BCUT2D eigenvalue weighted by Gasteiger charge is 2.46. The van der Waals surface area contributed by atoms with Gasteiger partial charge in [-0.2, -0.15) is 0 Å². The van der Waals surface area contributed by atoms with Crippen molar-refractivity contribution in [2.75, 3.05) is 13.6 Å². The van der Waals surface area contributed by atoms with Gasteiger partial charge in [-0.15, -0.1) is 0 Å². The highest BCUT2D eigenvalue weighted by Crippen LogP contribution is 2.39. The van der Waals surface area contributed by atoms with Gasteiger partial charge in [0.05, 0.1) is 6.04 Å². The van der Waals surface area contributed by atoms with Crippen molar-refractivity contribution in [3.05, 3.63) is 0 Å². The Morgan fingerprint density at radius 1 is 1.29 bits per heavy atom. The topological polar surface area (TPSA) is 61.4 Å². The smallest absolute Gasteiger partial charge is 0.245 e. The van der Waals surface area contributed by atoms with Crippen molar-refractivity contribution in [1.29, 1.82) is 0 Å². The zero-order chi connectivity index (χ0) is 18.7. The SMILES string of the molecule is CCC[C@H]1N(C(=O)C(NC(=O)[C@H](C)NC)C(C)(C)C)CCC1(C)C. The standard InChI is InChI=1S/C19H37N3O2/c1-9-10-14-19(6,7)11-12-22(14)17(24)15(18(3,4)5)21-16(23)13(2)20-8/h13-15,20H,9-12H2,1-8H3,(H,21,23)/t13-,14+,15?/m0/s1. The van der Waals surface area contributed by atoms with E-state index in [1.165, 1.54) is 0 Å². The van der Waals surface area contributed by atoms with Crippen LogP contribution in [0.25, 0.3) is 0 Å². The maximum absolute atomic E-state index is 13.3. The fraction of sp³-hybridized carbons (Fsp3) is 0.895. The van der Waals surface area contributed by atoms with Crippen LogP contribution in [0.4, 0.5) is 0 Å². The number of hydrogen-bond donors (Lipinski definition) is 2. The molecule has 1 unspecified atom stereocenters. The van der Waals surface area contributed by atoms with Crippen LogP contribution >= 0.6 is 0 Å². The molecule has 0 aromatic rings. The average Bonchev–Trinajstić information content (AvgIpc) is 2.77. The van der Waals surface area contributed by atoms with E-state index in [9.17, 15) is 9.59 Å². The molecule has 0 radical (unpaired) electrons. The number of hydrogen-bond acceptors (Lipinski definition) is 3. The van der Waals surface area contributed by atoms with Crippen molar-refractivity contribution in [2.24, 2.45) is 10.8 Å². The van der Waals surface area contributed by atoms with Crippen molar-refractivity contribution < 1.29 is 9.59 Å². The molecule has 0 aromatic carbocycles. The quantitative estimate of drug-likeness (QED) is 0.782. The largest absolute Gasteiger partial charge is 0.342 e. The molecule has 0 spiro atoms. The first kappa shape index (κ1) is 20.9. The summed E-state index contributed by atoms with van der Waals surface area (Å²) in [5, 5.41) is 5.92. The van der Waals surface area contributed by atoms with Gasteiger partial charge in [-0.05, 0) is 37.6 Å². The molecule has 24 heavy (non-hydrogen) atoms. The summed E-state index contributed by atoms with van der Waals surface area (Å²) in [5.74, 6) is -0.0700. The summed E-state index contributed by atoms with van der Waals surface area (Å²) in [5.41, 5.74) is -0.194. The Kier molecular flexibility index (Phi) is 6.85. The normalized spacial score (nSPS) is 23.0. The highest BCUT2D eigenvalue weighted by molar-refractivity contribution is 5.90. The summed E-state index contributed by atoms with van der Waals surface area (Å²) >= 11 is 0. The number of likely N-dealkylation sites (N-methyl/N-ethyl adjacent to an activating group) is 1. The molecule has 1 aliphatic heterocycles. The Bertz CT molecular complexity index is 454. The molecule has 1 saturated heterocycles. The van der Waals surface area contributed by atoms with Gasteiger partial charge in [0.15, 0.2) is 0 Å². The van der Waals surface area contributed by atoms with Crippen LogP contribution in [-0.2, 0) is 9.59 Å². The third-order valence-corrected chi connectivity index (χ3v) is 5.35. The second-order valence-electron chi connectivity index (χ2n) is 8.89. The van der Waals surface area contributed by atoms with E-state index in [4.69, 9.17) is 0 Å². The third kappa shape index (κ3) is 4.71. The first-order chi connectivity index (χ1) is 11.0. The van der Waals surface area contributed by atoms with Crippen molar-refractivity contribution >= 4 is 11.8 Å². The maximum atomic E-state index is 13.3. The lowest BCUT2D eigenvalue weighted by atomic mass is 9.81. The molecule has 0 bridgehead atoms. The Hall–Kier alpha value is -1.10. The second kappa shape index (κ2) is 7.85. The molecule has 0 aliphatic carbocycles. The summed E-state index contributed by atoms with van der Waals surface area (Å²) in [4.78, 5) is 27.7. The van der Waals surface area contributed by atoms with Gasteiger partial charge in [0.25, 0.3) is 0 Å². The number of nitrogens with zero attached hydrogens (tertiary/aromatic N) is 1. The summed E-state index contributed by atoms with van der Waals surface area (Å²) in [6, 6.07) is -0.573. The van der Waals surface area contributed by atoms with E-state index < -0.39 is 6.04 Å². The molecule has 1 rings (SSSR count). The van der Waals surface area contributed by atoms with Crippen molar-refractivity contribution in [3.8, 4) is 0 Å². The first-order valence-corrected chi connectivity index (χ1v) is 9.23. The van der Waals surface area contributed by atoms with Gasteiger partial charge in [0.2, 0.25) is 11.8 Å². The Morgan fingerprint density at radius 2 is 1.88 bits per heavy atom. The molecule has 2 amide bonds. The maximum Gasteiger partial charge on any atom is 0.245 e. The second-order valence-corrected chi connectivity index (χ2v) is 8.89. The van der Waals surface area contributed by atoms with Crippen LogP contribution in [0, 0.1) is 10.8 Å². The van der Waals surface area contributed by atoms with Crippen LogP contribution in [-0.4, -0.2) is 48.4 Å². The number of rotatable bonds is 6. The zero-order valence-electron chi connectivity index (χ0n) is 16.8. The van der Waals surface area contributed by atoms with Crippen molar-refractivity contribution in [1.82, 2.24) is 15.5 Å². The molecule has 2 N–H and O–H groups in total. The zero-order valence-corrected chi connectivity index (χ0v) is 16.8. The first-order valence-electron chi connectivity index (χ1n) is 9.23. The van der Waals surface area contributed by atoms with E-state index in [-0.39, 0.29) is 34.7 Å². The monoisotopic (exact) mass is 339 g/mol. The van der Waals surface area contributed by atoms with E-state index in [2.05, 4.69) is 31.4 Å².